The van der Waals surface area contributed by atoms with Crippen LogP contribution in [0.5, 0.6) is 0 Å². The van der Waals surface area contributed by atoms with Crippen LogP contribution in [0.4, 0.5) is 17.1 Å². The normalized spacial score (nSPS) is 12.6. The molecule has 56 heavy (non-hydrogen) atoms. The minimum atomic E-state index is -0.112. The van der Waals surface area contributed by atoms with Crippen molar-refractivity contribution in [3.63, 3.8) is 0 Å². The molecule has 0 unspecified atom stereocenters. The summed E-state index contributed by atoms with van der Waals surface area (Å²) < 4.78 is 0. The van der Waals surface area contributed by atoms with E-state index in [1.807, 2.05) is 0 Å². The molecule has 10 rings (SSSR count). The van der Waals surface area contributed by atoms with Crippen LogP contribution in [0.2, 0.25) is 0 Å². The van der Waals surface area contributed by atoms with Gasteiger partial charge in [-0.2, -0.15) is 0 Å². The van der Waals surface area contributed by atoms with Crippen molar-refractivity contribution in [1.82, 2.24) is 0 Å². The molecule has 0 aliphatic heterocycles. The summed E-state index contributed by atoms with van der Waals surface area (Å²) in [6, 6.07) is 77.6. The fourth-order valence-electron chi connectivity index (χ4n) is 8.77. The number of nitrogens with zero attached hydrogens (tertiary/aromatic N) is 1. The maximum atomic E-state index is 2.48. The highest BCUT2D eigenvalue weighted by molar-refractivity contribution is 5.98. The van der Waals surface area contributed by atoms with E-state index in [1.54, 1.807) is 0 Å². The van der Waals surface area contributed by atoms with E-state index in [0.717, 1.165) is 11.4 Å². The SMILES string of the molecule is CC1(C)c2ccccc2-c2c(N(c3ccc(-c4cccc(-c5ccccc5)c4)cc3)c3ccccc3-c3ccc(-c4ccc5ccccc5c4)cc3)cccc21. The van der Waals surface area contributed by atoms with Gasteiger partial charge in [0.15, 0.2) is 0 Å². The molecular weight excluding hydrogens is 675 g/mol. The van der Waals surface area contributed by atoms with Gasteiger partial charge in [-0.1, -0.05) is 190 Å². The van der Waals surface area contributed by atoms with Crippen molar-refractivity contribution in [3.05, 3.63) is 223 Å². The standard InChI is InChI=1S/C55H41N/c1-55(2)50-22-10-8-21-49(50)54-51(55)23-13-25-53(54)56(47-34-32-41(33-35-47)45-19-12-18-44(36-45)38-14-4-3-5-15-38)52-24-11-9-20-48(52)42-29-26-40(27-30-42)46-31-28-39-16-6-7-17-43(39)37-46/h3-37H,1-2H3. The molecule has 0 radical (unpaired) electrons. The zero-order chi connectivity index (χ0) is 37.6. The first-order valence-corrected chi connectivity index (χ1v) is 19.5. The monoisotopic (exact) mass is 715 g/mol. The molecule has 9 aromatic carbocycles. The van der Waals surface area contributed by atoms with E-state index in [-0.39, 0.29) is 5.41 Å². The number of benzene rings is 9. The van der Waals surface area contributed by atoms with Crippen molar-refractivity contribution in [2.24, 2.45) is 0 Å². The van der Waals surface area contributed by atoms with Crippen molar-refractivity contribution in [1.29, 1.82) is 0 Å². The summed E-state index contributed by atoms with van der Waals surface area (Å²) in [7, 11) is 0. The first-order valence-electron chi connectivity index (χ1n) is 19.5. The molecule has 0 bridgehead atoms. The van der Waals surface area contributed by atoms with E-state index in [4.69, 9.17) is 0 Å². The summed E-state index contributed by atoms with van der Waals surface area (Å²) in [5.74, 6) is 0. The number of hydrogen-bond acceptors (Lipinski definition) is 1. The lowest BCUT2D eigenvalue weighted by Gasteiger charge is -2.30. The van der Waals surface area contributed by atoms with Gasteiger partial charge in [0.1, 0.15) is 0 Å². The number of fused-ring (bicyclic) bond motifs is 4. The Labute approximate surface area is 329 Å². The number of anilines is 3. The van der Waals surface area contributed by atoms with Crippen molar-refractivity contribution >= 4 is 27.8 Å². The minimum absolute atomic E-state index is 0.112. The Bertz CT molecular complexity index is 2860. The quantitative estimate of drug-likeness (QED) is 0.159. The van der Waals surface area contributed by atoms with Crippen LogP contribution in [0.1, 0.15) is 25.0 Å². The molecule has 0 spiro atoms. The Morgan fingerprint density at radius 3 is 1.59 bits per heavy atom. The van der Waals surface area contributed by atoms with Gasteiger partial charge in [-0.15, -0.1) is 0 Å². The lowest BCUT2D eigenvalue weighted by atomic mass is 9.82. The average molecular weight is 716 g/mol. The molecule has 9 aromatic rings. The van der Waals surface area contributed by atoms with Gasteiger partial charge in [0, 0.05) is 22.2 Å². The molecule has 1 heteroatoms. The van der Waals surface area contributed by atoms with Crippen LogP contribution in [0.15, 0.2) is 212 Å². The van der Waals surface area contributed by atoms with Crippen LogP contribution < -0.4 is 4.90 Å². The van der Waals surface area contributed by atoms with Crippen molar-refractivity contribution in [3.8, 4) is 55.6 Å². The molecular formula is C55H41N. The average Bonchev–Trinajstić information content (AvgIpc) is 3.51. The van der Waals surface area contributed by atoms with E-state index in [9.17, 15) is 0 Å². The van der Waals surface area contributed by atoms with Gasteiger partial charge < -0.3 is 4.90 Å². The first kappa shape index (κ1) is 33.6. The van der Waals surface area contributed by atoms with Gasteiger partial charge in [0.2, 0.25) is 0 Å². The van der Waals surface area contributed by atoms with Gasteiger partial charge >= 0.3 is 0 Å². The van der Waals surface area contributed by atoms with Crippen LogP contribution in [0, 0.1) is 0 Å². The van der Waals surface area contributed by atoms with Gasteiger partial charge in [0.05, 0.1) is 11.4 Å². The summed E-state index contributed by atoms with van der Waals surface area (Å²) in [5, 5.41) is 2.51. The highest BCUT2D eigenvalue weighted by atomic mass is 15.1. The van der Waals surface area contributed by atoms with Crippen molar-refractivity contribution < 1.29 is 0 Å². The number of hydrogen-bond donors (Lipinski definition) is 0. The fraction of sp³-hybridized carbons (Fsp3) is 0.0545. The third-order valence-electron chi connectivity index (χ3n) is 11.7. The van der Waals surface area contributed by atoms with Gasteiger partial charge in [-0.25, -0.2) is 0 Å². The minimum Gasteiger partial charge on any atom is -0.309 e. The Balaban J connectivity index is 1.11. The third-order valence-corrected chi connectivity index (χ3v) is 11.7. The molecule has 266 valence electrons. The smallest absolute Gasteiger partial charge is 0.0543 e. The van der Waals surface area contributed by atoms with Crippen LogP contribution in [-0.4, -0.2) is 0 Å². The number of rotatable bonds is 7. The third kappa shape index (κ3) is 5.81. The van der Waals surface area contributed by atoms with Gasteiger partial charge in [0.25, 0.3) is 0 Å². The molecule has 0 fully saturated rings. The van der Waals surface area contributed by atoms with E-state index < -0.39 is 0 Å². The predicted molar refractivity (Wildman–Crippen MR) is 238 cm³/mol. The molecule has 0 atom stereocenters. The molecule has 0 N–H and O–H groups in total. The summed E-state index contributed by atoms with van der Waals surface area (Å²) in [6.45, 7) is 4.71. The van der Waals surface area contributed by atoms with Gasteiger partial charge in [-0.3, -0.25) is 0 Å². The van der Waals surface area contributed by atoms with Crippen molar-refractivity contribution in [2.45, 2.75) is 19.3 Å². The van der Waals surface area contributed by atoms with Crippen LogP contribution in [0.3, 0.4) is 0 Å². The molecule has 0 amide bonds. The summed E-state index contributed by atoms with van der Waals surface area (Å²) in [4.78, 5) is 2.48. The van der Waals surface area contributed by atoms with Crippen LogP contribution in [-0.2, 0) is 5.41 Å². The maximum Gasteiger partial charge on any atom is 0.0543 e. The highest BCUT2D eigenvalue weighted by Crippen LogP contribution is 2.55. The van der Waals surface area contributed by atoms with Crippen LogP contribution >= 0.6 is 0 Å². The highest BCUT2D eigenvalue weighted by Gasteiger charge is 2.37. The Morgan fingerprint density at radius 1 is 0.321 bits per heavy atom. The molecule has 0 heterocycles. The second-order valence-corrected chi connectivity index (χ2v) is 15.4. The fourth-order valence-corrected chi connectivity index (χ4v) is 8.77. The second-order valence-electron chi connectivity index (χ2n) is 15.4. The molecule has 1 nitrogen and oxygen atoms in total. The topological polar surface area (TPSA) is 3.24 Å². The maximum absolute atomic E-state index is 2.48. The summed E-state index contributed by atoms with van der Waals surface area (Å²) in [6.07, 6.45) is 0. The van der Waals surface area contributed by atoms with E-state index in [2.05, 4.69) is 231 Å². The van der Waals surface area contributed by atoms with E-state index >= 15 is 0 Å². The van der Waals surface area contributed by atoms with Crippen molar-refractivity contribution in [2.75, 3.05) is 4.90 Å². The molecule has 1 aliphatic carbocycles. The largest absolute Gasteiger partial charge is 0.309 e. The number of para-hydroxylation sites is 1. The van der Waals surface area contributed by atoms with Gasteiger partial charge in [-0.05, 0) is 103 Å². The van der Waals surface area contributed by atoms with E-state index in [0.29, 0.717) is 0 Å². The predicted octanol–water partition coefficient (Wildman–Crippen LogP) is 15.3. The molecule has 0 saturated carbocycles. The Kier molecular flexibility index (Phi) is 8.23. The summed E-state index contributed by atoms with van der Waals surface area (Å²) >= 11 is 0. The lowest BCUT2D eigenvalue weighted by Crippen LogP contribution is -2.16. The zero-order valence-corrected chi connectivity index (χ0v) is 31.7. The molecule has 1 aliphatic rings. The Morgan fingerprint density at radius 2 is 0.821 bits per heavy atom. The second kappa shape index (κ2) is 13.7. The zero-order valence-electron chi connectivity index (χ0n) is 31.7. The summed E-state index contributed by atoms with van der Waals surface area (Å²) in [5.41, 5.74) is 18.3. The first-order chi connectivity index (χ1) is 27.5. The molecule has 0 saturated heterocycles. The lowest BCUT2D eigenvalue weighted by molar-refractivity contribution is 0.660. The molecule has 0 aromatic heterocycles. The van der Waals surface area contributed by atoms with Crippen LogP contribution in [0.25, 0.3) is 66.4 Å². The Hall–Kier alpha value is -6.96. The van der Waals surface area contributed by atoms with E-state index in [1.165, 1.54) is 83.2 Å².